The van der Waals surface area contributed by atoms with E-state index in [1.165, 1.54) is 11.3 Å². The van der Waals surface area contributed by atoms with E-state index in [0.717, 1.165) is 30.1 Å². The molecule has 0 aliphatic carbocycles. The van der Waals surface area contributed by atoms with Gasteiger partial charge in [-0.3, -0.25) is 9.69 Å². The zero-order valence-electron chi connectivity index (χ0n) is 14.4. The maximum Gasteiger partial charge on any atom is 0.243 e. The molecule has 5 nitrogen and oxygen atoms in total. The molecule has 1 aliphatic heterocycles. The number of likely N-dealkylation sites (tertiary alicyclic amines) is 1. The molecule has 0 radical (unpaired) electrons. The summed E-state index contributed by atoms with van der Waals surface area (Å²) in [5.74, 6) is 0.00928. The minimum Gasteiger partial charge on any atom is -0.327 e. The zero-order valence-corrected chi connectivity index (χ0v) is 16.8. The van der Waals surface area contributed by atoms with Crippen molar-refractivity contribution in [1.82, 2.24) is 9.88 Å². The molecule has 1 aromatic rings. The lowest BCUT2D eigenvalue weighted by Gasteiger charge is -2.44. The van der Waals surface area contributed by atoms with E-state index in [-0.39, 0.29) is 48.2 Å². The van der Waals surface area contributed by atoms with Gasteiger partial charge in [-0.15, -0.1) is 36.2 Å². The average Bonchev–Trinajstić information content (AvgIpc) is 2.70. The molecule has 0 spiro atoms. The SMILES string of the molecule is Cc1nc(NC(=O)C(C)N2CCC(N)C(C)(C)C2)sc1C.Cl.Cl. The van der Waals surface area contributed by atoms with Gasteiger partial charge >= 0.3 is 0 Å². The predicted molar refractivity (Wildman–Crippen MR) is 102 cm³/mol. The number of nitrogens with one attached hydrogen (secondary N) is 1. The van der Waals surface area contributed by atoms with Crippen LogP contribution in [0.4, 0.5) is 5.13 Å². The number of thiazole rings is 1. The summed E-state index contributed by atoms with van der Waals surface area (Å²) in [6.45, 7) is 12.0. The van der Waals surface area contributed by atoms with E-state index >= 15 is 0 Å². The van der Waals surface area contributed by atoms with Gasteiger partial charge in [-0.2, -0.15) is 0 Å². The maximum absolute atomic E-state index is 12.4. The zero-order chi connectivity index (χ0) is 15.8. The van der Waals surface area contributed by atoms with Gasteiger partial charge in [-0.05, 0) is 32.6 Å². The molecule has 1 saturated heterocycles. The summed E-state index contributed by atoms with van der Waals surface area (Å²) in [6.07, 6.45) is 0.931. The monoisotopic (exact) mass is 382 g/mol. The molecular formula is C15H28Cl2N4OS. The largest absolute Gasteiger partial charge is 0.327 e. The second-order valence-corrected chi connectivity index (χ2v) is 7.88. The highest BCUT2D eigenvalue weighted by Crippen LogP contribution is 2.29. The Morgan fingerprint density at radius 3 is 2.52 bits per heavy atom. The summed E-state index contributed by atoms with van der Waals surface area (Å²) in [6, 6.07) is 0.0366. The van der Waals surface area contributed by atoms with Crippen molar-refractivity contribution in [3.05, 3.63) is 10.6 Å². The summed E-state index contributed by atoms with van der Waals surface area (Å²) in [4.78, 5) is 20.1. The van der Waals surface area contributed by atoms with Gasteiger partial charge in [0.25, 0.3) is 0 Å². The molecule has 1 aromatic heterocycles. The lowest BCUT2D eigenvalue weighted by Crippen LogP contribution is -2.56. The van der Waals surface area contributed by atoms with Crippen molar-refractivity contribution in [2.45, 2.75) is 53.1 Å². The highest BCUT2D eigenvalue weighted by molar-refractivity contribution is 7.15. The molecule has 1 fully saturated rings. The molecular weight excluding hydrogens is 355 g/mol. The Hall–Kier alpha value is -0.400. The Bertz CT molecular complexity index is 516. The summed E-state index contributed by atoms with van der Waals surface area (Å²) >= 11 is 1.53. The maximum atomic E-state index is 12.4. The van der Waals surface area contributed by atoms with Crippen molar-refractivity contribution < 1.29 is 4.79 Å². The Kier molecular flexibility index (Phi) is 8.47. The number of nitrogens with two attached hydrogens (primary N) is 1. The van der Waals surface area contributed by atoms with Crippen LogP contribution in [0.15, 0.2) is 0 Å². The second kappa shape index (κ2) is 8.62. The number of hydrogen-bond donors (Lipinski definition) is 2. The average molecular weight is 383 g/mol. The fraction of sp³-hybridized carbons (Fsp3) is 0.733. The summed E-state index contributed by atoms with van der Waals surface area (Å²) in [7, 11) is 0. The van der Waals surface area contributed by atoms with Crippen molar-refractivity contribution in [1.29, 1.82) is 0 Å². The number of amides is 1. The fourth-order valence-corrected chi connectivity index (χ4v) is 3.47. The van der Waals surface area contributed by atoms with Gasteiger partial charge in [0.2, 0.25) is 5.91 Å². The van der Waals surface area contributed by atoms with E-state index in [0.29, 0.717) is 5.13 Å². The standard InChI is InChI=1S/C15H26N4OS.2ClH/c1-9-11(3)21-14(17-9)18-13(20)10(2)19-7-6-12(16)15(4,5)8-19;;/h10,12H,6-8,16H2,1-5H3,(H,17,18,20);2*1H. The number of hydrogen-bond acceptors (Lipinski definition) is 5. The molecule has 0 bridgehead atoms. The van der Waals surface area contributed by atoms with E-state index in [4.69, 9.17) is 5.73 Å². The van der Waals surface area contributed by atoms with Crippen LogP contribution in [0.25, 0.3) is 0 Å². The highest BCUT2D eigenvalue weighted by atomic mass is 35.5. The summed E-state index contributed by atoms with van der Waals surface area (Å²) in [5, 5.41) is 3.62. The first-order chi connectivity index (χ1) is 9.70. The minimum absolute atomic E-state index is 0. The fourth-order valence-electron chi connectivity index (χ4n) is 2.65. The molecule has 2 atom stereocenters. The van der Waals surface area contributed by atoms with Crippen LogP contribution in [-0.2, 0) is 4.79 Å². The highest BCUT2D eigenvalue weighted by Gasteiger charge is 2.36. The van der Waals surface area contributed by atoms with Crippen molar-refractivity contribution in [3.63, 3.8) is 0 Å². The van der Waals surface area contributed by atoms with E-state index in [9.17, 15) is 4.79 Å². The number of carbonyl (C=O) groups is 1. The van der Waals surface area contributed by atoms with Crippen LogP contribution in [0.3, 0.4) is 0 Å². The predicted octanol–water partition coefficient (Wildman–Crippen LogP) is 2.99. The summed E-state index contributed by atoms with van der Waals surface area (Å²) in [5.41, 5.74) is 7.18. The van der Waals surface area contributed by atoms with Gasteiger partial charge in [0.1, 0.15) is 0 Å². The first kappa shape index (κ1) is 22.6. The smallest absolute Gasteiger partial charge is 0.243 e. The van der Waals surface area contributed by atoms with Crippen LogP contribution in [-0.4, -0.2) is 41.0 Å². The first-order valence-electron chi connectivity index (χ1n) is 7.45. The number of aryl methyl sites for hydroxylation is 2. The molecule has 8 heteroatoms. The van der Waals surface area contributed by atoms with Crippen LogP contribution in [0, 0.1) is 19.3 Å². The van der Waals surface area contributed by atoms with Crippen molar-refractivity contribution in [3.8, 4) is 0 Å². The molecule has 2 unspecified atom stereocenters. The van der Waals surface area contributed by atoms with Crippen molar-refractivity contribution >= 4 is 47.2 Å². The van der Waals surface area contributed by atoms with E-state index in [2.05, 4.69) is 29.0 Å². The topological polar surface area (TPSA) is 71.2 Å². The minimum atomic E-state index is -0.165. The number of piperidine rings is 1. The third kappa shape index (κ3) is 5.29. The Balaban J connectivity index is 0.00000242. The van der Waals surface area contributed by atoms with Crippen molar-refractivity contribution in [2.75, 3.05) is 18.4 Å². The summed E-state index contributed by atoms with van der Waals surface area (Å²) < 4.78 is 0. The van der Waals surface area contributed by atoms with E-state index in [1.54, 1.807) is 0 Å². The third-order valence-electron chi connectivity index (χ3n) is 4.53. The Labute approximate surface area is 155 Å². The lowest BCUT2D eigenvalue weighted by molar-refractivity contribution is -0.122. The molecule has 2 rings (SSSR count). The number of nitrogens with zero attached hydrogens (tertiary/aromatic N) is 2. The molecule has 0 saturated carbocycles. The number of halogens is 2. The van der Waals surface area contributed by atoms with Crippen LogP contribution in [0.1, 0.15) is 37.8 Å². The quantitative estimate of drug-likeness (QED) is 0.842. The Morgan fingerprint density at radius 2 is 2.04 bits per heavy atom. The van der Waals surface area contributed by atoms with Gasteiger partial charge in [0.05, 0.1) is 11.7 Å². The second-order valence-electron chi connectivity index (χ2n) is 6.68. The number of rotatable bonds is 3. The van der Waals surface area contributed by atoms with Gasteiger partial charge < -0.3 is 11.1 Å². The molecule has 1 amide bonds. The van der Waals surface area contributed by atoms with Crippen LogP contribution < -0.4 is 11.1 Å². The van der Waals surface area contributed by atoms with Gasteiger partial charge in [-0.1, -0.05) is 13.8 Å². The van der Waals surface area contributed by atoms with Crippen molar-refractivity contribution in [2.24, 2.45) is 11.1 Å². The van der Waals surface area contributed by atoms with Gasteiger partial charge in [0.15, 0.2) is 5.13 Å². The first-order valence-corrected chi connectivity index (χ1v) is 8.27. The Morgan fingerprint density at radius 1 is 1.43 bits per heavy atom. The van der Waals surface area contributed by atoms with Crippen LogP contribution in [0.5, 0.6) is 0 Å². The molecule has 23 heavy (non-hydrogen) atoms. The van der Waals surface area contributed by atoms with E-state index < -0.39 is 0 Å². The molecule has 1 aliphatic rings. The third-order valence-corrected chi connectivity index (χ3v) is 5.52. The lowest BCUT2D eigenvalue weighted by atomic mass is 9.79. The van der Waals surface area contributed by atoms with Gasteiger partial charge in [-0.25, -0.2) is 4.98 Å². The number of anilines is 1. The molecule has 0 aromatic carbocycles. The normalized spacial score (nSPS) is 21.7. The molecule has 2 heterocycles. The van der Waals surface area contributed by atoms with E-state index in [1.807, 2.05) is 20.8 Å². The van der Waals surface area contributed by atoms with Crippen LogP contribution >= 0.6 is 36.2 Å². The number of aromatic nitrogens is 1. The molecule has 3 N–H and O–H groups in total. The molecule has 134 valence electrons. The van der Waals surface area contributed by atoms with Crippen LogP contribution in [0.2, 0.25) is 0 Å². The number of carbonyl (C=O) groups excluding carboxylic acids is 1. The van der Waals surface area contributed by atoms with Gasteiger partial charge in [0, 0.05) is 24.0 Å².